The number of fused-ring (bicyclic) bond motifs is 1. The van der Waals surface area contributed by atoms with Gasteiger partial charge in [-0.25, -0.2) is 14.4 Å². The topological polar surface area (TPSA) is 85.8 Å². The van der Waals surface area contributed by atoms with E-state index in [0.29, 0.717) is 52.7 Å². The lowest BCUT2D eigenvalue weighted by molar-refractivity contribution is -0.134. The second-order valence-corrected chi connectivity index (χ2v) is 8.48. The third kappa shape index (κ3) is 4.88. The van der Waals surface area contributed by atoms with Gasteiger partial charge in [-0.2, -0.15) is 0 Å². The molecule has 2 heterocycles. The lowest BCUT2D eigenvalue weighted by atomic mass is 10.0. The van der Waals surface area contributed by atoms with Crippen LogP contribution in [0, 0.1) is 5.82 Å². The summed E-state index contributed by atoms with van der Waals surface area (Å²) >= 11 is 0. The van der Waals surface area contributed by atoms with Crippen LogP contribution in [0.3, 0.4) is 0 Å². The number of likely N-dealkylation sites (tertiary alicyclic amines) is 1. The van der Waals surface area contributed by atoms with Crippen LogP contribution in [-0.2, 0) is 4.79 Å². The zero-order valence-corrected chi connectivity index (χ0v) is 20.4. The molecule has 4 aromatic rings. The van der Waals surface area contributed by atoms with Crippen LogP contribution in [0.5, 0.6) is 17.2 Å². The van der Waals surface area contributed by atoms with E-state index in [0.717, 1.165) is 11.1 Å². The summed E-state index contributed by atoms with van der Waals surface area (Å²) in [5.74, 6) is 1.73. The van der Waals surface area contributed by atoms with Crippen LogP contribution in [0.2, 0.25) is 0 Å². The third-order valence-corrected chi connectivity index (χ3v) is 6.16. The van der Waals surface area contributed by atoms with Gasteiger partial charge in [0.2, 0.25) is 5.91 Å². The number of methoxy groups -OCH3 is 2. The SMILES string of the molecule is C=CC(=O)N1CC(Oc2cc3c(Nc4cc(-c5cccc(F)c5)ccc4OC)ncnc3cc2OC)C1. The molecule has 1 fully saturated rings. The molecule has 37 heavy (non-hydrogen) atoms. The highest BCUT2D eigenvalue weighted by molar-refractivity contribution is 5.94. The van der Waals surface area contributed by atoms with Gasteiger partial charge in [0, 0.05) is 11.5 Å². The van der Waals surface area contributed by atoms with Crippen molar-refractivity contribution in [1.82, 2.24) is 14.9 Å². The first-order chi connectivity index (χ1) is 18.0. The number of rotatable bonds is 8. The molecule has 8 nitrogen and oxygen atoms in total. The summed E-state index contributed by atoms with van der Waals surface area (Å²) in [5.41, 5.74) is 2.86. The molecule has 1 amide bonds. The van der Waals surface area contributed by atoms with Crippen molar-refractivity contribution < 1.29 is 23.4 Å². The van der Waals surface area contributed by atoms with E-state index in [1.165, 1.54) is 24.5 Å². The predicted molar refractivity (Wildman–Crippen MR) is 139 cm³/mol. The Morgan fingerprint density at radius 1 is 1.03 bits per heavy atom. The number of hydrogen-bond donors (Lipinski definition) is 1. The molecule has 1 saturated heterocycles. The maximum atomic E-state index is 13.8. The second-order valence-electron chi connectivity index (χ2n) is 8.48. The van der Waals surface area contributed by atoms with E-state index >= 15 is 0 Å². The van der Waals surface area contributed by atoms with E-state index in [2.05, 4.69) is 21.9 Å². The minimum absolute atomic E-state index is 0.125. The van der Waals surface area contributed by atoms with Crippen molar-refractivity contribution in [2.45, 2.75) is 6.10 Å². The fourth-order valence-electron chi connectivity index (χ4n) is 4.20. The minimum Gasteiger partial charge on any atom is -0.495 e. The van der Waals surface area contributed by atoms with Gasteiger partial charge in [0.25, 0.3) is 0 Å². The maximum absolute atomic E-state index is 13.8. The van der Waals surface area contributed by atoms with Crippen LogP contribution in [0.15, 0.2) is 73.6 Å². The van der Waals surface area contributed by atoms with Crippen LogP contribution < -0.4 is 19.5 Å². The summed E-state index contributed by atoms with van der Waals surface area (Å²) in [7, 11) is 3.14. The van der Waals surface area contributed by atoms with Crippen LogP contribution >= 0.6 is 0 Å². The molecule has 0 bridgehead atoms. The number of nitrogens with zero attached hydrogens (tertiary/aromatic N) is 3. The van der Waals surface area contributed by atoms with Gasteiger partial charge < -0.3 is 24.4 Å². The Kier molecular flexibility index (Phi) is 6.59. The van der Waals surface area contributed by atoms with Gasteiger partial charge >= 0.3 is 0 Å². The highest BCUT2D eigenvalue weighted by Gasteiger charge is 2.31. The summed E-state index contributed by atoms with van der Waals surface area (Å²) in [4.78, 5) is 22.3. The van der Waals surface area contributed by atoms with Gasteiger partial charge in [-0.1, -0.05) is 24.8 Å². The Morgan fingerprint density at radius 3 is 2.54 bits per heavy atom. The van der Waals surface area contributed by atoms with Crippen LogP contribution in [0.25, 0.3) is 22.0 Å². The molecule has 1 aliphatic rings. The number of ether oxygens (including phenoxy) is 3. The summed E-state index contributed by atoms with van der Waals surface area (Å²) in [6.45, 7) is 4.45. The number of nitrogens with one attached hydrogen (secondary N) is 1. The molecule has 188 valence electrons. The molecule has 3 aromatic carbocycles. The van der Waals surface area contributed by atoms with Crippen molar-refractivity contribution in [2.24, 2.45) is 0 Å². The smallest absolute Gasteiger partial charge is 0.246 e. The van der Waals surface area contributed by atoms with E-state index in [9.17, 15) is 9.18 Å². The van der Waals surface area contributed by atoms with E-state index in [1.54, 1.807) is 31.3 Å². The van der Waals surface area contributed by atoms with Crippen molar-refractivity contribution in [1.29, 1.82) is 0 Å². The molecule has 0 aliphatic carbocycles. The van der Waals surface area contributed by atoms with Crippen LogP contribution in [0.4, 0.5) is 15.9 Å². The Balaban J connectivity index is 1.48. The zero-order chi connectivity index (χ0) is 25.9. The van der Waals surface area contributed by atoms with Crippen molar-refractivity contribution in [3.05, 3.63) is 79.4 Å². The first-order valence-corrected chi connectivity index (χ1v) is 11.6. The van der Waals surface area contributed by atoms with E-state index in [1.807, 2.05) is 30.3 Å². The Morgan fingerprint density at radius 2 is 1.81 bits per heavy atom. The van der Waals surface area contributed by atoms with Gasteiger partial charge in [-0.15, -0.1) is 0 Å². The molecule has 9 heteroatoms. The number of amides is 1. The number of benzene rings is 3. The third-order valence-electron chi connectivity index (χ3n) is 6.16. The monoisotopic (exact) mass is 500 g/mol. The molecule has 0 spiro atoms. The van der Waals surface area contributed by atoms with Crippen LogP contribution in [0.1, 0.15) is 0 Å². The molecule has 1 aliphatic heterocycles. The first-order valence-electron chi connectivity index (χ1n) is 11.6. The number of carbonyl (C=O) groups excluding carboxylic acids is 1. The van der Waals surface area contributed by atoms with Gasteiger partial charge in [0.05, 0.1) is 38.5 Å². The van der Waals surface area contributed by atoms with Crippen molar-refractivity contribution in [2.75, 3.05) is 32.6 Å². The quantitative estimate of drug-likeness (QED) is 0.342. The summed E-state index contributed by atoms with van der Waals surface area (Å²) in [6, 6.07) is 15.6. The minimum atomic E-state index is -0.311. The summed E-state index contributed by atoms with van der Waals surface area (Å²) in [5, 5.41) is 4.04. The number of hydrogen-bond acceptors (Lipinski definition) is 7. The lowest BCUT2D eigenvalue weighted by Gasteiger charge is -2.38. The van der Waals surface area contributed by atoms with Gasteiger partial charge in [-0.05, 0) is 47.5 Å². The maximum Gasteiger partial charge on any atom is 0.246 e. The van der Waals surface area contributed by atoms with Crippen molar-refractivity contribution >= 4 is 28.3 Å². The number of carbonyl (C=O) groups is 1. The highest BCUT2D eigenvalue weighted by atomic mass is 19.1. The number of anilines is 2. The van der Waals surface area contributed by atoms with Gasteiger partial charge in [-0.3, -0.25) is 4.79 Å². The molecule has 0 radical (unpaired) electrons. The molecule has 0 atom stereocenters. The molecule has 1 N–H and O–H groups in total. The highest BCUT2D eigenvalue weighted by Crippen LogP contribution is 2.38. The summed E-state index contributed by atoms with van der Waals surface area (Å²) < 4.78 is 31.1. The molecule has 0 unspecified atom stereocenters. The van der Waals surface area contributed by atoms with Gasteiger partial charge in [0.1, 0.15) is 29.8 Å². The average molecular weight is 501 g/mol. The van der Waals surface area contributed by atoms with Crippen LogP contribution in [-0.4, -0.2) is 54.2 Å². The zero-order valence-electron chi connectivity index (χ0n) is 20.4. The Hall–Kier alpha value is -4.66. The van der Waals surface area contributed by atoms with E-state index in [-0.39, 0.29) is 17.8 Å². The molecular weight excluding hydrogens is 475 g/mol. The fraction of sp³-hybridized carbons (Fsp3) is 0.179. The number of aromatic nitrogens is 2. The largest absolute Gasteiger partial charge is 0.495 e. The summed E-state index contributed by atoms with van der Waals surface area (Å²) in [6.07, 6.45) is 2.58. The van der Waals surface area contributed by atoms with E-state index in [4.69, 9.17) is 14.2 Å². The molecular formula is C28H25FN4O4. The molecule has 5 rings (SSSR count). The van der Waals surface area contributed by atoms with Gasteiger partial charge in [0.15, 0.2) is 11.5 Å². The van der Waals surface area contributed by atoms with Crippen molar-refractivity contribution in [3.8, 4) is 28.4 Å². The molecule has 1 aromatic heterocycles. The second kappa shape index (κ2) is 10.1. The predicted octanol–water partition coefficient (Wildman–Crippen LogP) is 4.97. The fourth-order valence-corrected chi connectivity index (χ4v) is 4.20. The molecule has 0 saturated carbocycles. The number of halogens is 1. The first kappa shape index (κ1) is 24.1. The Bertz CT molecular complexity index is 1490. The van der Waals surface area contributed by atoms with E-state index < -0.39 is 0 Å². The lowest BCUT2D eigenvalue weighted by Crippen LogP contribution is -2.55. The normalized spacial score (nSPS) is 13.1. The van der Waals surface area contributed by atoms with Crippen molar-refractivity contribution in [3.63, 3.8) is 0 Å². The standard InChI is InChI=1S/C28H25FN4O4/c1-4-27(34)33-14-20(15-33)37-26-12-21-22(13-25(26)36-3)30-16-31-28(21)32-23-11-18(8-9-24(23)35-2)17-6-5-7-19(29)10-17/h4-13,16,20H,1,14-15H2,2-3H3,(H,30,31,32). The average Bonchev–Trinajstić information content (AvgIpc) is 2.89. The Labute approximate surface area is 213 Å².